The molecule has 0 aliphatic carbocycles. The molecule has 0 saturated carbocycles. The van der Waals surface area contributed by atoms with Crippen molar-refractivity contribution in [1.82, 2.24) is 10.3 Å². The van der Waals surface area contributed by atoms with E-state index in [1.807, 2.05) is 39.1 Å². The minimum absolute atomic E-state index is 0.210. The van der Waals surface area contributed by atoms with E-state index in [2.05, 4.69) is 10.3 Å². The fourth-order valence-electron chi connectivity index (χ4n) is 2.12. The van der Waals surface area contributed by atoms with Gasteiger partial charge in [-0.25, -0.2) is 4.98 Å². The Labute approximate surface area is 127 Å². The molecule has 0 aliphatic heterocycles. The van der Waals surface area contributed by atoms with E-state index in [0.29, 0.717) is 10.0 Å². The molecule has 0 amide bonds. The van der Waals surface area contributed by atoms with Crippen molar-refractivity contribution in [3.05, 3.63) is 49.4 Å². The number of aromatic nitrogens is 1. The molecule has 1 aromatic carbocycles. The molecule has 102 valence electrons. The van der Waals surface area contributed by atoms with Crippen molar-refractivity contribution < 1.29 is 0 Å². The van der Waals surface area contributed by atoms with Gasteiger partial charge in [-0.15, -0.1) is 11.3 Å². The van der Waals surface area contributed by atoms with E-state index in [9.17, 15) is 0 Å². The first kappa shape index (κ1) is 14.8. The molecule has 1 unspecified atom stereocenters. The summed E-state index contributed by atoms with van der Waals surface area (Å²) >= 11 is 14.0. The molecule has 0 radical (unpaired) electrons. The van der Waals surface area contributed by atoms with E-state index in [4.69, 9.17) is 23.2 Å². The van der Waals surface area contributed by atoms with Gasteiger partial charge in [-0.1, -0.05) is 35.3 Å². The Morgan fingerprint density at radius 1 is 1.32 bits per heavy atom. The van der Waals surface area contributed by atoms with Gasteiger partial charge in [-0.05, 0) is 38.9 Å². The number of hydrogen-bond acceptors (Lipinski definition) is 3. The summed E-state index contributed by atoms with van der Waals surface area (Å²) in [5, 5.41) is 5.67. The highest BCUT2D eigenvalue weighted by Gasteiger charge is 2.18. The monoisotopic (exact) mass is 314 g/mol. The summed E-state index contributed by atoms with van der Waals surface area (Å²) in [5.41, 5.74) is 2.14. The summed E-state index contributed by atoms with van der Waals surface area (Å²) in [6.07, 6.45) is 0.804. The van der Waals surface area contributed by atoms with Crippen LogP contribution in [0.5, 0.6) is 0 Å². The van der Waals surface area contributed by atoms with Gasteiger partial charge < -0.3 is 5.32 Å². The highest BCUT2D eigenvalue weighted by molar-refractivity contribution is 7.11. The first-order chi connectivity index (χ1) is 9.02. The molecule has 0 saturated heterocycles. The van der Waals surface area contributed by atoms with Gasteiger partial charge >= 0.3 is 0 Å². The van der Waals surface area contributed by atoms with E-state index < -0.39 is 0 Å². The summed E-state index contributed by atoms with van der Waals surface area (Å²) < 4.78 is 0. The maximum Gasteiger partial charge on any atom is 0.0900 e. The van der Waals surface area contributed by atoms with Gasteiger partial charge in [-0.2, -0.15) is 0 Å². The standard InChI is InChI=1S/C14H16Cl2N2S/c1-8-14(19-9(2)18-8)12(17-3)7-10-5-4-6-11(15)13(10)16/h4-6,12,17H,7H2,1-3H3. The zero-order valence-corrected chi connectivity index (χ0v) is 13.5. The maximum absolute atomic E-state index is 6.25. The average Bonchev–Trinajstić information content (AvgIpc) is 2.70. The second-order valence-corrected chi connectivity index (χ2v) is 6.46. The predicted octanol–water partition coefficient (Wildman–Crippen LogP) is 4.57. The van der Waals surface area contributed by atoms with Crippen LogP contribution in [0.25, 0.3) is 0 Å². The lowest BCUT2D eigenvalue weighted by Gasteiger charge is -2.16. The van der Waals surface area contributed by atoms with Gasteiger partial charge in [-0.3, -0.25) is 0 Å². The third-order valence-corrected chi connectivity index (χ3v) is 5.10. The van der Waals surface area contributed by atoms with Crippen molar-refractivity contribution in [2.45, 2.75) is 26.3 Å². The Morgan fingerprint density at radius 2 is 2.05 bits per heavy atom. The number of nitrogens with one attached hydrogen (secondary N) is 1. The normalized spacial score (nSPS) is 12.7. The predicted molar refractivity (Wildman–Crippen MR) is 83.6 cm³/mol. The molecule has 2 aromatic rings. The number of aryl methyl sites for hydroxylation is 2. The van der Waals surface area contributed by atoms with Crippen molar-refractivity contribution in [2.75, 3.05) is 7.05 Å². The number of benzene rings is 1. The van der Waals surface area contributed by atoms with Crippen molar-refractivity contribution in [3.63, 3.8) is 0 Å². The summed E-state index contributed by atoms with van der Waals surface area (Å²) in [5.74, 6) is 0. The number of hydrogen-bond donors (Lipinski definition) is 1. The van der Waals surface area contributed by atoms with Crippen molar-refractivity contribution >= 4 is 34.5 Å². The minimum Gasteiger partial charge on any atom is -0.312 e. The molecule has 2 nitrogen and oxygen atoms in total. The topological polar surface area (TPSA) is 24.9 Å². The smallest absolute Gasteiger partial charge is 0.0900 e. The molecule has 1 atom stereocenters. The van der Waals surface area contributed by atoms with Crippen LogP contribution in [-0.4, -0.2) is 12.0 Å². The van der Waals surface area contributed by atoms with Crippen molar-refractivity contribution in [2.24, 2.45) is 0 Å². The van der Waals surface area contributed by atoms with E-state index >= 15 is 0 Å². The Kier molecular flexibility index (Phi) is 4.85. The first-order valence-electron chi connectivity index (χ1n) is 6.07. The van der Waals surface area contributed by atoms with Gasteiger partial charge in [0.2, 0.25) is 0 Å². The molecule has 5 heteroatoms. The van der Waals surface area contributed by atoms with Gasteiger partial charge in [0.05, 0.1) is 20.7 Å². The quantitative estimate of drug-likeness (QED) is 0.894. The van der Waals surface area contributed by atoms with Crippen LogP contribution in [-0.2, 0) is 6.42 Å². The van der Waals surface area contributed by atoms with E-state index in [0.717, 1.165) is 22.7 Å². The van der Waals surface area contributed by atoms with Crippen LogP contribution in [0.15, 0.2) is 18.2 Å². The molecular weight excluding hydrogens is 299 g/mol. The lowest BCUT2D eigenvalue weighted by atomic mass is 10.0. The molecule has 2 rings (SSSR count). The molecule has 0 fully saturated rings. The van der Waals surface area contributed by atoms with Crippen LogP contribution in [0.1, 0.15) is 27.2 Å². The van der Waals surface area contributed by atoms with Crippen LogP contribution in [0, 0.1) is 13.8 Å². The highest BCUT2D eigenvalue weighted by Crippen LogP contribution is 2.32. The summed E-state index contributed by atoms with van der Waals surface area (Å²) in [6.45, 7) is 4.07. The van der Waals surface area contributed by atoms with Gasteiger partial charge in [0, 0.05) is 10.9 Å². The van der Waals surface area contributed by atoms with Crippen LogP contribution >= 0.6 is 34.5 Å². The molecule has 0 spiro atoms. The second kappa shape index (κ2) is 6.23. The Bertz CT molecular complexity index is 581. The van der Waals surface area contributed by atoms with Crippen LogP contribution < -0.4 is 5.32 Å². The van der Waals surface area contributed by atoms with Crippen LogP contribution in [0.4, 0.5) is 0 Å². The number of thiazole rings is 1. The van der Waals surface area contributed by atoms with Gasteiger partial charge in [0.1, 0.15) is 0 Å². The molecule has 1 heterocycles. The van der Waals surface area contributed by atoms with Gasteiger partial charge in [0.25, 0.3) is 0 Å². The van der Waals surface area contributed by atoms with Crippen molar-refractivity contribution in [1.29, 1.82) is 0 Å². The average molecular weight is 315 g/mol. The number of likely N-dealkylation sites (N-methyl/N-ethyl adjacent to an activating group) is 1. The summed E-state index contributed by atoms with van der Waals surface area (Å²) in [4.78, 5) is 5.74. The lowest BCUT2D eigenvalue weighted by Crippen LogP contribution is -2.18. The lowest BCUT2D eigenvalue weighted by molar-refractivity contribution is 0.598. The fourth-order valence-corrected chi connectivity index (χ4v) is 3.56. The first-order valence-corrected chi connectivity index (χ1v) is 7.64. The number of rotatable bonds is 4. The zero-order chi connectivity index (χ0) is 14.0. The van der Waals surface area contributed by atoms with E-state index in [1.165, 1.54) is 4.88 Å². The summed E-state index contributed by atoms with van der Waals surface area (Å²) in [6, 6.07) is 5.97. The van der Waals surface area contributed by atoms with Crippen LogP contribution in [0.2, 0.25) is 10.0 Å². The number of nitrogens with zero attached hydrogens (tertiary/aromatic N) is 1. The van der Waals surface area contributed by atoms with Crippen LogP contribution in [0.3, 0.4) is 0 Å². The molecule has 0 bridgehead atoms. The molecule has 1 N–H and O–H groups in total. The SMILES string of the molecule is CNC(Cc1cccc(Cl)c1Cl)c1sc(C)nc1C. The fraction of sp³-hybridized carbons (Fsp3) is 0.357. The Morgan fingerprint density at radius 3 is 2.63 bits per heavy atom. The molecule has 0 aliphatic rings. The van der Waals surface area contributed by atoms with Gasteiger partial charge in [0.15, 0.2) is 0 Å². The number of halogens is 2. The maximum atomic E-state index is 6.25. The largest absolute Gasteiger partial charge is 0.312 e. The molecule has 19 heavy (non-hydrogen) atoms. The van der Waals surface area contributed by atoms with E-state index in [1.54, 1.807) is 11.3 Å². The third-order valence-electron chi connectivity index (χ3n) is 3.06. The minimum atomic E-state index is 0.210. The Hall–Kier alpha value is -0.610. The highest BCUT2D eigenvalue weighted by atomic mass is 35.5. The summed E-state index contributed by atoms with van der Waals surface area (Å²) in [7, 11) is 1.96. The second-order valence-electron chi connectivity index (χ2n) is 4.44. The molecule has 1 aromatic heterocycles. The zero-order valence-electron chi connectivity index (χ0n) is 11.1. The molecular formula is C14H16Cl2N2S. The Balaban J connectivity index is 2.29. The van der Waals surface area contributed by atoms with E-state index in [-0.39, 0.29) is 6.04 Å². The van der Waals surface area contributed by atoms with Crippen molar-refractivity contribution in [3.8, 4) is 0 Å². The third kappa shape index (κ3) is 3.29.